The molecule has 1 aliphatic heterocycles. The normalized spacial score (nSPS) is 15.1. The molecule has 1 saturated heterocycles. The van der Waals surface area contributed by atoms with Crippen molar-refractivity contribution in [2.75, 3.05) is 18.0 Å². The van der Waals surface area contributed by atoms with Crippen molar-refractivity contribution < 1.29 is 9.32 Å². The van der Waals surface area contributed by atoms with Crippen molar-refractivity contribution in [1.29, 1.82) is 0 Å². The highest BCUT2D eigenvalue weighted by atomic mass is 16.5. The van der Waals surface area contributed by atoms with Crippen LogP contribution in [0, 0.1) is 0 Å². The number of rotatable bonds is 5. The lowest BCUT2D eigenvalue weighted by Crippen LogP contribution is -2.45. The van der Waals surface area contributed by atoms with E-state index in [1.54, 1.807) is 12.4 Å². The first kappa shape index (κ1) is 21.9. The summed E-state index contributed by atoms with van der Waals surface area (Å²) in [5.74, 6) is 1.82. The molecule has 0 bridgehead atoms. The average Bonchev–Trinajstić information content (AvgIpc) is 3.30. The van der Waals surface area contributed by atoms with E-state index in [1.807, 2.05) is 45.0 Å². The van der Waals surface area contributed by atoms with Crippen molar-refractivity contribution in [2.24, 2.45) is 0 Å². The third-order valence-electron chi connectivity index (χ3n) is 5.72. The Kier molecular flexibility index (Phi) is 6.21. The summed E-state index contributed by atoms with van der Waals surface area (Å²) in [4.78, 5) is 28.6. The summed E-state index contributed by atoms with van der Waals surface area (Å²) in [6, 6.07) is 9.52. The lowest BCUT2D eigenvalue weighted by atomic mass is 9.96. The van der Waals surface area contributed by atoms with E-state index in [1.165, 1.54) is 0 Å². The van der Waals surface area contributed by atoms with Crippen LogP contribution >= 0.6 is 0 Å². The first-order valence-corrected chi connectivity index (χ1v) is 11.2. The van der Waals surface area contributed by atoms with Crippen LogP contribution in [0.2, 0.25) is 0 Å². The van der Waals surface area contributed by atoms with E-state index in [-0.39, 0.29) is 17.4 Å². The lowest BCUT2D eigenvalue weighted by molar-refractivity contribution is 0.0931. The fourth-order valence-corrected chi connectivity index (χ4v) is 3.77. The number of nitrogens with one attached hydrogen (secondary N) is 1. The minimum Gasteiger partial charge on any atom is -0.356 e. The summed E-state index contributed by atoms with van der Waals surface area (Å²) in [6.45, 7) is 9.84. The molecule has 1 aromatic carbocycles. The smallest absolute Gasteiger partial charge is 0.258 e. The topological polar surface area (TPSA) is 97.0 Å². The molecule has 8 heteroatoms. The molecule has 0 saturated carbocycles. The minimum absolute atomic E-state index is 0.104. The van der Waals surface area contributed by atoms with Gasteiger partial charge in [0.15, 0.2) is 5.82 Å². The average molecular weight is 435 g/mol. The molecular formula is C24H30N6O2. The Bertz CT molecular complexity index is 1080. The molecule has 3 heterocycles. The Balaban J connectivity index is 1.43. The molecule has 4 rings (SSSR count). The van der Waals surface area contributed by atoms with Crippen LogP contribution < -0.4 is 10.2 Å². The fraction of sp³-hybridized carbons (Fsp3) is 0.458. The van der Waals surface area contributed by atoms with Gasteiger partial charge in [0.25, 0.3) is 11.8 Å². The van der Waals surface area contributed by atoms with Crippen LogP contribution in [0.5, 0.6) is 0 Å². The Morgan fingerprint density at radius 1 is 1.19 bits per heavy atom. The second-order valence-electron chi connectivity index (χ2n) is 9.17. The van der Waals surface area contributed by atoms with E-state index in [2.05, 4.69) is 37.2 Å². The predicted octanol–water partition coefficient (Wildman–Crippen LogP) is 3.79. The minimum atomic E-state index is -0.228. The molecule has 32 heavy (non-hydrogen) atoms. The largest absolute Gasteiger partial charge is 0.356 e. The van der Waals surface area contributed by atoms with E-state index >= 15 is 0 Å². The number of nitrogens with zero attached hydrogens (tertiary/aromatic N) is 5. The molecular weight excluding hydrogens is 404 g/mol. The maximum Gasteiger partial charge on any atom is 0.258 e. The molecule has 0 aliphatic carbocycles. The van der Waals surface area contributed by atoms with Gasteiger partial charge in [-0.2, -0.15) is 4.98 Å². The summed E-state index contributed by atoms with van der Waals surface area (Å²) < 4.78 is 5.48. The number of hydrogen-bond donors (Lipinski definition) is 1. The molecule has 0 atom stereocenters. The molecule has 1 aliphatic rings. The number of carbonyl (C=O) groups is 1. The zero-order valence-electron chi connectivity index (χ0n) is 19.1. The summed E-state index contributed by atoms with van der Waals surface area (Å²) in [5.41, 5.74) is 2.01. The van der Waals surface area contributed by atoms with E-state index in [9.17, 15) is 4.79 Å². The van der Waals surface area contributed by atoms with E-state index in [4.69, 9.17) is 4.52 Å². The second kappa shape index (κ2) is 9.06. The molecule has 1 N–H and O–H groups in total. The van der Waals surface area contributed by atoms with Gasteiger partial charge in [-0.1, -0.05) is 45.0 Å². The number of aromatic nitrogens is 4. The molecule has 1 amide bonds. The number of anilines is 1. The first-order chi connectivity index (χ1) is 15.3. The van der Waals surface area contributed by atoms with Gasteiger partial charge in [0, 0.05) is 36.3 Å². The van der Waals surface area contributed by atoms with Gasteiger partial charge in [0.2, 0.25) is 0 Å². The third kappa shape index (κ3) is 4.79. The van der Waals surface area contributed by atoms with Crippen molar-refractivity contribution in [3.05, 3.63) is 53.7 Å². The van der Waals surface area contributed by atoms with Crippen LogP contribution in [0.25, 0.3) is 11.5 Å². The Hall–Kier alpha value is -3.29. The van der Waals surface area contributed by atoms with Gasteiger partial charge in [-0.05, 0) is 31.4 Å². The van der Waals surface area contributed by atoms with Crippen LogP contribution in [0.4, 0.5) is 5.82 Å². The predicted molar refractivity (Wildman–Crippen MR) is 123 cm³/mol. The molecule has 168 valence electrons. The summed E-state index contributed by atoms with van der Waals surface area (Å²) >= 11 is 0. The van der Waals surface area contributed by atoms with Gasteiger partial charge in [-0.15, -0.1) is 0 Å². The fourth-order valence-electron chi connectivity index (χ4n) is 3.77. The second-order valence-corrected chi connectivity index (χ2v) is 9.17. The standard InChI is InChI=1S/C24H30N6O2/c1-5-16-14-20(26-15-25-16)30-12-10-17(11-13-30)27-21(31)18-8-6-7-9-19(18)22-28-23(29-32-22)24(2,3)4/h6-9,14-15,17H,5,10-13H2,1-4H3,(H,27,31). The number of aryl methyl sites for hydroxylation is 1. The molecule has 1 fully saturated rings. The molecule has 0 radical (unpaired) electrons. The quantitative estimate of drug-likeness (QED) is 0.652. The van der Waals surface area contributed by atoms with E-state index in [0.717, 1.165) is 43.9 Å². The zero-order valence-corrected chi connectivity index (χ0v) is 19.1. The number of carbonyl (C=O) groups excluding carboxylic acids is 1. The van der Waals surface area contributed by atoms with Crippen molar-refractivity contribution in [3.8, 4) is 11.5 Å². The molecule has 0 spiro atoms. The number of hydrogen-bond acceptors (Lipinski definition) is 7. The van der Waals surface area contributed by atoms with Crippen molar-refractivity contribution in [1.82, 2.24) is 25.4 Å². The third-order valence-corrected chi connectivity index (χ3v) is 5.72. The zero-order chi connectivity index (χ0) is 22.7. The van der Waals surface area contributed by atoms with Gasteiger partial charge < -0.3 is 14.7 Å². The Morgan fingerprint density at radius 2 is 1.94 bits per heavy atom. The lowest BCUT2D eigenvalue weighted by Gasteiger charge is -2.33. The van der Waals surface area contributed by atoms with Gasteiger partial charge in [0.1, 0.15) is 12.1 Å². The first-order valence-electron chi connectivity index (χ1n) is 11.2. The molecule has 2 aromatic heterocycles. The van der Waals surface area contributed by atoms with Gasteiger partial charge in [-0.25, -0.2) is 9.97 Å². The highest BCUT2D eigenvalue weighted by molar-refractivity contribution is 6.00. The van der Waals surface area contributed by atoms with Crippen molar-refractivity contribution in [2.45, 2.75) is 58.4 Å². The molecule has 3 aromatic rings. The molecule has 8 nitrogen and oxygen atoms in total. The van der Waals surface area contributed by atoms with Crippen LogP contribution in [0.1, 0.15) is 62.4 Å². The number of piperidine rings is 1. The number of amides is 1. The summed E-state index contributed by atoms with van der Waals surface area (Å²) in [6.07, 6.45) is 4.22. The maximum absolute atomic E-state index is 13.1. The van der Waals surface area contributed by atoms with Gasteiger partial charge in [-0.3, -0.25) is 4.79 Å². The van der Waals surface area contributed by atoms with Gasteiger partial charge in [0.05, 0.1) is 11.1 Å². The molecule has 0 unspecified atom stereocenters. The van der Waals surface area contributed by atoms with Gasteiger partial charge >= 0.3 is 0 Å². The van der Waals surface area contributed by atoms with E-state index in [0.29, 0.717) is 22.8 Å². The van der Waals surface area contributed by atoms with Crippen LogP contribution in [0.3, 0.4) is 0 Å². The monoisotopic (exact) mass is 434 g/mol. The van der Waals surface area contributed by atoms with Crippen molar-refractivity contribution in [3.63, 3.8) is 0 Å². The highest BCUT2D eigenvalue weighted by Gasteiger charge is 2.26. The number of benzene rings is 1. The van der Waals surface area contributed by atoms with Crippen LogP contribution in [0.15, 0.2) is 41.2 Å². The highest BCUT2D eigenvalue weighted by Crippen LogP contribution is 2.26. The maximum atomic E-state index is 13.1. The summed E-state index contributed by atoms with van der Waals surface area (Å²) in [5, 5.41) is 7.28. The Labute approximate surface area is 188 Å². The van der Waals surface area contributed by atoms with E-state index < -0.39 is 0 Å². The summed E-state index contributed by atoms with van der Waals surface area (Å²) in [7, 11) is 0. The SMILES string of the molecule is CCc1cc(N2CCC(NC(=O)c3ccccc3-c3nc(C(C)(C)C)no3)CC2)ncn1. The van der Waals surface area contributed by atoms with Crippen molar-refractivity contribution >= 4 is 11.7 Å². The van der Waals surface area contributed by atoms with Crippen LogP contribution in [-0.2, 0) is 11.8 Å². The Morgan fingerprint density at radius 3 is 2.62 bits per heavy atom. The van der Waals surface area contributed by atoms with Crippen LogP contribution in [-0.4, -0.2) is 45.1 Å².